The normalized spacial score (nSPS) is 11.1. The fourth-order valence-electron chi connectivity index (χ4n) is 2.45. The number of halogens is 1. The smallest absolute Gasteiger partial charge is 0.271 e. The second-order valence-corrected chi connectivity index (χ2v) is 6.23. The summed E-state index contributed by atoms with van der Waals surface area (Å²) < 4.78 is 8.23. The van der Waals surface area contributed by atoms with Crippen LogP contribution in [0.1, 0.15) is 5.89 Å². The Kier molecular flexibility index (Phi) is 3.77. The van der Waals surface area contributed by atoms with Gasteiger partial charge in [-0.05, 0) is 30.3 Å². The lowest BCUT2D eigenvalue weighted by molar-refractivity contribution is -0.384. The van der Waals surface area contributed by atoms with Gasteiger partial charge in [0, 0.05) is 27.6 Å². The van der Waals surface area contributed by atoms with Crippen molar-refractivity contribution >= 4 is 32.5 Å². The quantitative estimate of drug-likeness (QED) is 0.382. The van der Waals surface area contributed by atoms with E-state index < -0.39 is 4.92 Å². The number of nitro groups is 1. The molecule has 8 nitrogen and oxygen atoms in total. The fourth-order valence-corrected chi connectivity index (χ4v) is 2.72. The van der Waals surface area contributed by atoms with E-state index >= 15 is 0 Å². The first kappa shape index (κ1) is 15.5. The Morgan fingerprint density at radius 3 is 2.72 bits per heavy atom. The third-order valence-corrected chi connectivity index (χ3v) is 4.21. The molecule has 0 N–H and O–H groups in total. The minimum atomic E-state index is -0.435. The molecular formula is C16H10BrN5O3. The number of rotatable bonds is 4. The Hall–Kier alpha value is -3.07. The summed E-state index contributed by atoms with van der Waals surface area (Å²) in [4.78, 5) is 10.5. The number of hydrogen-bond donors (Lipinski definition) is 0. The molecule has 4 aromatic rings. The molecular weight excluding hydrogens is 390 g/mol. The van der Waals surface area contributed by atoms with E-state index in [0.29, 0.717) is 17.3 Å². The van der Waals surface area contributed by atoms with Crippen LogP contribution in [0.3, 0.4) is 0 Å². The van der Waals surface area contributed by atoms with Crippen LogP contribution in [0.4, 0.5) is 5.69 Å². The molecule has 4 rings (SSSR count). The molecule has 2 aromatic carbocycles. The Balaban J connectivity index is 1.64. The number of benzene rings is 2. The van der Waals surface area contributed by atoms with Gasteiger partial charge < -0.3 is 4.42 Å². The van der Waals surface area contributed by atoms with Crippen molar-refractivity contribution in [2.75, 3.05) is 0 Å². The third-order valence-electron chi connectivity index (χ3n) is 3.68. The average Bonchev–Trinajstić information content (AvgIpc) is 3.23. The number of nitrogens with zero attached hydrogens (tertiary/aromatic N) is 5. The van der Waals surface area contributed by atoms with Crippen LogP contribution in [0.25, 0.3) is 22.4 Å². The molecule has 0 aliphatic heterocycles. The number of fused-ring (bicyclic) bond motifs is 1. The van der Waals surface area contributed by atoms with Crippen molar-refractivity contribution in [3.05, 3.63) is 69.1 Å². The van der Waals surface area contributed by atoms with Gasteiger partial charge in [0.25, 0.3) is 5.69 Å². The van der Waals surface area contributed by atoms with Crippen LogP contribution < -0.4 is 0 Å². The molecule has 9 heteroatoms. The third kappa shape index (κ3) is 3.01. The van der Waals surface area contributed by atoms with Gasteiger partial charge in [0.15, 0.2) is 0 Å². The van der Waals surface area contributed by atoms with Crippen molar-refractivity contribution in [3.8, 4) is 11.5 Å². The summed E-state index contributed by atoms with van der Waals surface area (Å²) in [7, 11) is 0. The monoisotopic (exact) mass is 399 g/mol. The van der Waals surface area contributed by atoms with Gasteiger partial charge in [-0.1, -0.05) is 15.9 Å². The molecule has 25 heavy (non-hydrogen) atoms. The number of non-ortho nitro benzene ring substituents is 1. The molecule has 0 atom stereocenters. The first-order valence-corrected chi connectivity index (χ1v) is 8.08. The van der Waals surface area contributed by atoms with E-state index in [1.165, 1.54) is 12.1 Å². The maximum atomic E-state index is 11.0. The van der Waals surface area contributed by atoms with Crippen molar-refractivity contribution in [1.29, 1.82) is 0 Å². The summed E-state index contributed by atoms with van der Waals surface area (Å²) in [6, 6.07) is 12.1. The Morgan fingerprint density at radius 2 is 1.96 bits per heavy atom. The predicted molar refractivity (Wildman–Crippen MR) is 92.9 cm³/mol. The molecule has 124 valence electrons. The molecule has 2 heterocycles. The van der Waals surface area contributed by atoms with Crippen LogP contribution in [-0.4, -0.2) is 24.9 Å². The van der Waals surface area contributed by atoms with Crippen molar-refractivity contribution in [2.24, 2.45) is 0 Å². The maximum absolute atomic E-state index is 11.0. The average molecular weight is 400 g/mol. The Bertz CT molecular complexity index is 1070. The molecule has 0 saturated carbocycles. The predicted octanol–water partition coefficient (Wildman–Crippen LogP) is 3.81. The van der Waals surface area contributed by atoms with Crippen LogP contribution in [-0.2, 0) is 6.54 Å². The molecule has 0 aliphatic carbocycles. The molecule has 0 unspecified atom stereocenters. The van der Waals surface area contributed by atoms with Crippen LogP contribution in [0.15, 0.2) is 57.6 Å². The number of aromatic nitrogens is 4. The molecule has 0 aliphatic rings. The first-order chi connectivity index (χ1) is 12.1. The van der Waals surface area contributed by atoms with E-state index in [-0.39, 0.29) is 12.2 Å². The number of nitro benzene ring substituents is 1. The molecule has 0 amide bonds. The van der Waals surface area contributed by atoms with E-state index in [1.807, 2.05) is 24.3 Å². The molecule has 0 spiro atoms. The van der Waals surface area contributed by atoms with Crippen LogP contribution >= 0.6 is 15.9 Å². The summed E-state index contributed by atoms with van der Waals surface area (Å²) in [6.45, 7) is 0.230. The zero-order valence-electron chi connectivity index (χ0n) is 12.7. The molecule has 2 aromatic heterocycles. The minimum absolute atomic E-state index is 0.00957. The standard InChI is InChI=1S/C16H10BrN5O3/c17-12-4-1-10(2-5-12)16-20-19-15(25-16)9-21-14-7-13(22(23)24)6-3-11(14)8-18-21/h1-8H,9H2. The van der Waals surface area contributed by atoms with Gasteiger partial charge >= 0.3 is 0 Å². The highest BCUT2D eigenvalue weighted by Gasteiger charge is 2.13. The zero-order valence-corrected chi connectivity index (χ0v) is 14.3. The van der Waals surface area contributed by atoms with Gasteiger partial charge in [-0.15, -0.1) is 10.2 Å². The van der Waals surface area contributed by atoms with Crippen LogP contribution in [0.5, 0.6) is 0 Å². The molecule has 0 saturated heterocycles. The maximum Gasteiger partial charge on any atom is 0.271 e. The molecule has 0 fully saturated rings. The highest BCUT2D eigenvalue weighted by Crippen LogP contribution is 2.23. The highest BCUT2D eigenvalue weighted by atomic mass is 79.9. The van der Waals surface area contributed by atoms with Crippen molar-refractivity contribution in [1.82, 2.24) is 20.0 Å². The lowest BCUT2D eigenvalue weighted by atomic mass is 10.2. The van der Waals surface area contributed by atoms with Crippen molar-refractivity contribution in [2.45, 2.75) is 6.54 Å². The highest BCUT2D eigenvalue weighted by molar-refractivity contribution is 9.10. The Labute approximate surface area is 149 Å². The van der Waals surface area contributed by atoms with E-state index in [9.17, 15) is 10.1 Å². The van der Waals surface area contributed by atoms with Gasteiger partial charge in [0.05, 0.1) is 16.6 Å². The van der Waals surface area contributed by atoms with E-state index in [1.54, 1.807) is 16.9 Å². The Morgan fingerprint density at radius 1 is 1.16 bits per heavy atom. The van der Waals surface area contributed by atoms with E-state index in [0.717, 1.165) is 15.4 Å². The summed E-state index contributed by atoms with van der Waals surface area (Å²) >= 11 is 3.38. The first-order valence-electron chi connectivity index (χ1n) is 7.28. The van der Waals surface area contributed by atoms with Crippen molar-refractivity contribution < 1.29 is 9.34 Å². The lowest BCUT2D eigenvalue weighted by Gasteiger charge is -2.00. The summed E-state index contributed by atoms with van der Waals surface area (Å²) in [5.41, 5.74) is 1.45. The summed E-state index contributed by atoms with van der Waals surface area (Å²) in [5.74, 6) is 0.777. The topological polar surface area (TPSA) is 99.9 Å². The minimum Gasteiger partial charge on any atom is -0.419 e. The van der Waals surface area contributed by atoms with Gasteiger partial charge in [-0.2, -0.15) is 5.10 Å². The summed E-state index contributed by atoms with van der Waals surface area (Å²) in [6.07, 6.45) is 1.64. The van der Waals surface area contributed by atoms with Crippen LogP contribution in [0, 0.1) is 10.1 Å². The lowest BCUT2D eigenvalue weighted by Crippen LogP contribution is -2.02. The molecule has 0 radical (unpaired) electrons. The largest absolute Gasteiger partial charge is 0.419 e. The van der Waals surface area contributed by atoms with Gasteiger partial charge in [0.1, 0.15) is 6.54 Å². The second-order valence-electron chi connectivity index (χ2n) is 5.31. The SMILES string of the molecule is O=[N+]([O-])c1ccc2cnn(Cc3nnc(-c4ccc(Br)cc4)o3)c2c1. The molecule has 0 bridgehead atoms. The fraction of sp³-hybridized carbons (Fsp3) is 0.0625. The zero-order chi connectivity index (χ0) is 17.4. The van der Waals surface area contributed by atoms with E-state index in [4.69, 9.17) is 4.42 Å². The van der Waals surface area contributed by atoms with Gasteiger partial charge in [0.2, 0.25) is 11.8 Å². The van der Waals surface area contributed by atoms with Crippen LogP contribution in [0.2, 0.25) is 0 Å². The van der Waals surface area contributed by atoms with Crippen molar-refractivity contribution in [3.63, 3.8) is 0 Å². The number of hydrogen-bond acceptors (Lipinski definition) is 6. The van der Waals surface area contributed by atoms with E-state index in [2.05, 4.69) is 31.2 Å². The summed E-state index contributed by atoms with van der Waals surface area (Å²) in [5, 5.41) is 24.1. The van der Waals surface area contributed by atoms with Gasteiger partial charge in [-0.25, -0.2) is 0 Å². The van der Waals surface area contributed by atoms with Gasteiger partial charge in [-0.3, -0.25) is 14.8 Å². The second kappa shape index (κ2) is 6.10.